The normalized spacial score (nSPS) is 9.35. The van der Waals surface area contributed by atoms with Crippen molar-refractivity contribution in [1.82, 2.24) is 14.8 Å². The van der Waals surface area contributed by atoms with E-state index in [0.29, 0.717) is 0 Å². The molecule has 0 aliphatic carbocycles. The van der Waals surface area contributed by atoms with Crippen LogP contribution in [0.1, 0.15) is 26.3 Å². The van der Waals surface area contributed by atoms with Crippen molar-refractivity contribution in [2.45, 2.75) is 33.9 Å². The van der Waals surface area contributed by atoms with E-state index in [1.165, 1.54) is 5.56 Å². The van der Waals surface area contributed by atoms with Crippen molar-refractivity contribution in [2.75, 3.05) is 5.32 Å². The molecule has 17 heavy (non-hydrogen) atoms. The van der Waals surface area contributed by atoms with E-state index in [0.717, 1.165) is 19.0 Å². The van der Waals surface area contributed by atoms with Crippen molar-refractivity contribution in [2.24, 2.45) is 0 Å². The molecule has 0 saturated heterocycles. The monoisotopic (exact) mass is 232 g/mol. The minimum atomic E-state index is 0.777. The Bertz CT molecular complexity index is 408. The van der Waals surface area contributed by atoms with E-state index in [1.807, 2.05) is 43.7 Å². The first-order valence-electron chi connectivity index (χ1n) is 6.05. The maximum Gasteiger partial charge on any atom is 0.221 e. The fraction of sp³-hybridized carbons (Fsp3) is 0.385. The molecule has 1 aromatic heterocycles. The Kier molecular flexibility index (Phi) is 5.79. The van der Waals surface area contributed by atoms with Gasteiger partial charge in [0, 0.05) is 13.1 Å². The molecule has 0 aliphatic rings. The lowest BCUT2D eigenvalue weighted by molar-refractivity contribution is 0.662. The molecule has 4 nitrogen and oxygen atoms in total. The number of nitrogens with one attached hydrogen (secondary N) is 1. The van der Waals surface area contributed by atoms with Crippen LogP contribution in [-0.4, -0.2) is 14.8 Å². The van der Waals surface area contributed by atoms with Gasteiger partial charge < -0.3 is 5.32 Å². The van der Waals surface area contributed by atoms with Gasteiger partial charge >= 0.3 is 0 Å². The van der Waals surface area contributed by atoms with E-state index < -0.39 is 0 Å². The predicted octanol–water partition coefficient (Wildman–Crippen LogP) is 2.94. The largest absolute Gasteiger partial charge is 0.350 e. The smallest absolute Gasteiger partial charge is 0.221 e. The highest BCUT2D eigenvalue weighted by Gasteiger charge is 2.00. The van der Waals surface area contributed by atoms with E-state index in [-0.39, 0.29) is 0 Å². The van der Waals surface area contributed by atoms with Gasteiger partial charge in [-0.2, -0.15) is 10.1 Å². The van der Waals surface area contributed by atoms with Crippen molar-refractivity contribution < 1.29 is 0 Å². The van der Waals surface area contributed by atoms with Crippen molar-refractivity contribution in [3.63, 3.8) is 0 Å². The molecule has 0 atom stereocenters. The van der Waals surface area contributed by atoms with Crippen LogP contribution in [0.25, 0.3) is 0 Å². The first-order chi connectivity index (χ1) is 8.40. The summed E-state index contributed by atoms with van der Waals surface area (Å²) in [5, 5.41) is 7.34. The Hall–Kier alpha value is -1.84. The zero-order valence-corrected chi connectivity index (χ0v) is 10.7. The van der Waals surface area contributed by atoms with E-state index >= 15 is 0 Å². The van der Waals surface area contributed by atoms with Crippen LogP contribution >= 0.6 is 0 Å². The van der Waals surface area contributed by atoms with Crippen molar-refractivity contribution in [1.29, 1.82) is 0 Å². The van der Waals surface area contributed by atoms with E-state index in [9.17, 15) is 0 Å². The summed E-state index contributed by atoms with van der Waals surface area (Å²) in [6, 6.07) is 10.2. The average Bonchev–Trinajstić information content (AvgIpc) is 2.87. The molecule has 0 radical (unpaired) electrons. The summed E-state index contributed by atoms with van der Waals surface area (Å²) in [5.41, 5.74) is 1.24. The second kappa shape index (κ2) is 7.44. The van der Waals surface area contributed by atoms with Crippen LogP contribution < -0.4 is 5.32 Å². The Morgan fingerprint density at radius 2 is 1.88 bits per heavy atom. The molecule has 0 aliphatic heterocycles. The van der Waals surface area contributed by atoms with Crippen molar-refractivity contribution >= 4 is 5.95 Å². The lowest BCUT2D eigenvalue weighted by Crippen LogP contribution is -2.07. The second-order valence-electron chi connectivity index (χ2n) is 3.24. The highest BCUT2D eigenvalue weighted by atomic mass is 15.4. The molecular weight excluding hydrogens is 212 g/mol. The highest BCUT2D eigenvalue weighted by molar-refractivity contribution is 5.26. The summed E-state index contributed by atoms with van der Waals surface area (Å²) >= 11 is 0. The van der Waals surface area contributed by atoms with Gasteiger partial charge in [0.1, 0.15) is 6.33 Å². The molecule has 0 amide bonds. The number of hydrogen-bond acceptors (Lipinski definition) is 3. The first kappa shape index (κ1) is 13.2. The van der Waals surface area contributed by atoms with Gasteiger partial charge in [-0.25, -0.2) is 4.68 Å². The number of benzene rings is 1. The van der Waals surface area contributed by atoms with Crippen LogP contribution in [0.15, 0.2) is 36.7 Å². The Balaban J connectivity index is 0.000000686. The maximum atomic E-state index is 4.14. The molecule has 1 heterocycles. The summed E-state index contributed by atoms with van der Waals surface area (Å²) in [4.78, 5) is 4.14. The van der Waals surface area contributed by atoms with Crippen LogP contribution in [0.3, 0.4) is 0 Å². The number of rotatable bonds is 4. The first-order valence-corrected chi connectivity index (χ1v) is 6.05. The van der Waals surface area contributed by atoms with Crippen molar-refractivity contribution in [3.8, 4) is 0 Å². The topological polar surface area (TPSA) is 42.7 Å². The molecule has 0 bridgehead atoms. The third kappa shape index (κ3) is 3.90. The van der Waals surface area contributed by atoms with Crippen LogP contribution in [0.4, 0.5) is 5.95 Å². The molecule has 0 fully saturated rings. The van der Waals surface area contributed by atoms with Gasteiger partial charge in [-0.05, 0) is 12.5 Å². The molecule has 2 aromatic rings. The second-order valence-corrected chi connectivity index (χ2v) is 3.24. The molecule has 0 saturated carbocycles. The van der Waals surface area contributed by atoms with E-state index in [2.05, 4.69) is 27.5 Å². The summed E-state index contributed by atoms with van der Waals surface area (Å²) < 4.78 is 1.84. The summed E-state index contributed by atoms with van der Waals surface area (Å²) in [6.07, 6.45) is 1.57. The summed E-state index contributed by atoms with van der Waals surface area (Å²) in [6.45, 7) is 7.65. The average molecular weight is 232 g/mol. The number of aromatic nitrogens is 3. The summed E-state index contributed by atoms with van der Waals surface area (Å²) in [5.74, 6) is 0.821. The third-order valence-electron chi connectivity index (χ3n) is 2.21. The molecule has 0 unspecified atom stereocenters. The number of nitrogens with zero attached hydrogens (tertiary/aromatic N) is 3. The lowest BCUT2D eigenvalue weighted by atomic mass is 10.2. The minimum absolute atomic E-state index is 0.777. The maximum absolute atomic E-state index is 4.14. The van der Waals surface area contributed by atoms with E-state index in [4.69, 9.17) is 0 Å². The van der Waals surface area contributed by atoms with Crippen LogP contribution in [0.5, 0.6) is 0 Å². The molecule has 92 valence electrons. The van der Waals surface area contributed by atoms with E-state index in [1.54, 1.807) is 6.33 Å². The molecule has 1 N–H and O–H groups in total. The molecule has 4 heteroatoms. The Labute approximate surface area is 103 Å². The van der Waals surface area contributed by atoms with Gasteiger partial charge in [-0.15, -0.1) is 0 Å². The molecular formula is C13H20N4. The molecule has 0 spiro atoms. The standard InChI is InChI=1S/C11H14N4.C2H6/c1-2-15-11(13-9-14-15)12-8-10-6-4-3-5-7-10;1-2/h3-7,9H,2,8H2,1H3,(H,12,13,14);1-2H3. The quantitative estimate of drug-likeness (QED) is 0.881. The summed E-state index contributed by atoms with van der Waals surface area (Å²) in [7, 11) is 0. The van der Waals surface area contributed by atoms with Crippen LogP contribution in [0.2, 0.25) is 0 Å². The zero-order chi connectivity index (χ0) is 12.5. The fourth-order valence-corrected chi connectivity index (χ4v) is 1.41. The van der Waals surface area contributed by atoms with Crippen LogP contribution in [-0.2, 0) is 13.1 Å². The number of aryl methyl sites for hydroxylation is 1. The molecule has 2 rings (SSSR count). The zero-order valence-electron chi connectivity index (χ0n) is 10.7. The SMILES string of the molecule is CC.CCn1ncnc1NCc1ccccc1. The third-order valence-corrected chi connectivity index (χ3v) is 2.21. The van der Waals surface area contributed by atoms with Gasteiger partial charge in [0.05, 0.1) is 0 Å². The number of hydrogen-bond donors (Lipinski definition) is 1. The van der Waals surface area contributed by atoms with Gasteiger partial charge in [0.25, 0.3) is 0 Å². The lowest BCUT2D eigenvalue weighted by Gasteiger charge is -2.05. The highest BCUT2D eigenvalue weighted by Crippen LogP contribution is 2.04. The minimum Gasteiger partial charge on any atom is -0.350 e. The molecule has 1 aromatic carbocycles. The number of anilines is 1. The van der Waals surface area contributed by atoms with Crippen LogP contribution in [0, 0.1) is 0 Å². The van der Waals surface area contributed by atoms with Gasteiger partial charge in [0.2, 0.25) is 5.95 Å². The van der Waals surface area contributed by atoms with Gasteiger partial charge in [0.15, 0.2) is 0 Å². The Morgan fingerprint density at radius 1 is 1.18 bits per heavy atom. The predicted molar refractivity (Wildman–Crippen MR) is 70.8 cm³/mol. The van der Waals surface area contributed by atoms with Gasteiger partial charge in [-0.3, -0.25) is 0 Å². The fourth-order valence-electron chi connectivity index (χ4n) is 1.41. The Morgan fingerprint density at radius 3 is 2.53 bits per heavy atom. The van der Waals surface area contributed by atoms with Gasteiger partial charge in [-0.1, -0.05) is 44.2 Å². The van der Waals surface area contributed by atoms with Crippen molar-refractivity contribution in [3.05, 3.63) is 42.2 Å².